The van der Waals surface area contributed by atoms with Crippen LogP contribution in [0.25, 0.3) is 0 Å². The molecule has 0 atom stereocenters. The minimum atomic E-state index is -0.672. The molecule has 2 amide bonds. The third-order valence-corrected chi connectivity index (χ3v) is 3.70. The lowest BCUT2D eigenvalue weighted by Crippen LogP contribution is -2.36. The van der Waals surface area contributed by atoms with E-state index in [0.29, 0.717) is 37.9 Å². The van der Waals surface area contributed by atoms with E-state index < -0.39 is 5.41 Å². The second kappa shape index (κ2) is 7.24. The molecule has 0 unspecified atom stereocenters. The molecule has 0 saturated heterocycles. The highest BCUT2D eigenvalue weighted by Gasteiger charge is 2.52. The fourth-order valence-electron chi connectivity index (χ4n) is 2.32. The Kier molecular flexibility index (Phi) is 5.35. The number of rotatable bonds is 7. The van der Waals surface area contributed by atoms with Crippen LogP contribution in [0, 0.1) is 5.82 Å². The number of halogens is 1. The summed E-state index contributed by atoms with van der Waals surface area (Å²) in [5.41, 5.74) is 0.00714. The van der Waals surface area contributed by atoms with E-state index in [1.54, 1.807) is 12.1 Å². The third kappa shape index (κ3) is 3.96. The second-order valence-corrected chi connectivity index (χ2v) is 5.37. The fraction of sp³-hybridized carbons (Fsp3) is 0.500. The predicted molar refractivity (Wildman–Crippen MR) is 80.0 cm³/mol. The molecule has 0 aliphatic heterocycles. The predicted octanol–water partition coefficient (Wildman–Crippen LogP) is 2.11. The number of esters is 1. The van der Waals surface area contributed by atoms with Crippen molar-refractivity contribution in [3.05, 3.63) is 35.6 Å². The summed E-state index contributed by atoms with van der Waals surface area (Å²) in [4.78, 5) is 23.4. The Morgan fingerprint density at radius 1 is 1.32 bits per heavy atom. The van der Waals surface area contributed by atoms with Crippen LogP contribution in [0.4, 0.5) is 9.18 Å². The molecule has 1 aliphatic carbocycles. The van der Waals surface area contributed by atoms with Crippen molar-refractivity contribution in [3.63, 3.8) is 0 Å². The highest BCUT2D eigenvalue weighted by atomic mass is 19.1. The van der Waals surface area contributed by atoms with E-state index in [2.05, 4.69) is 10.6 Å². The molecule has 2 rings (SSSR count). The van der Waals surface area contributed by atoms with Crippen LogP contribution in [0.1, 0.15) is 31.7 Å². The molecule has 120 valence electrons. The summed E-state index contributed by atoms with van der Waals surface area (Å²) in [6.45, 7) is 3.08. The van der Waals surface area contributed by atoms with Crippen molar-refractivity contribution in [1.29, 1.82) is 0 Å². The van der Waals surface area contributed by atoms with Gasteiger partial charge in [-0.2, -0.15) is 0 Å². The van der Waals surface area contributed by atoms with Crippen LogP contribution in [0.15, 0.2) is 24.3 Å². The Morgan fingerprint density at radius 3 is 2.73 bits per heavy atom. The molecule has 2 N–H and O–H groups in total. The lowest BCUT2D eigenvalue weighted by molar-refractivity contribution is -0.146. The van der Waals surface area contributed by atoms with Gasteiger partial charge in [0, 0.05) is 13.1 Å². The van der Waals surface area contributed by atoms with Gasteiger partial charge in [-0.3, -0.25) is 4.79 Å². The summed E-state index contributed by atoms with van der Waals surface area (Å²) in [5, 5.41) is 5.27. The van der Waals surface area contributed by atoms with Crippen molar-refractivity contribution >= 4 is 12.0 Å². The highest BCUT2D eigenvalue weighted by Crippen LogP contribution is 2.49. The van der Waals surface area contributed by atoms with Crippen LogP contribution in [-0.2, 0) is 14.9 Å². The van der Waals surface area contributed by atoms with Crippen LogP contribution in [0.5, 0.6) is 0 Å². The number of ether oxygens (including phenoxy) is 1. The van der Waals surface area contributed by atoms with Gasteiger partial charge in [-0.1, -0.05) is 12.1 Å². The molecular formula is C16H21FN2O3. The van der Waals surface area contributed by atoms with Gasteiger partial charge in [0.2, 0.25) is 0 Å². The van der Waals surface area contributed by atoms with Gasteiger partial charge in [0.05, 0.1) is 12.0 Å². The van der Waals surface area contributed by atoms with Crippen molar-refractivity contribution in [1.82, 2.24) is 10.6 Å². The summed E-state index contributed by atoms with van der Waals surface area (Å²) < 4.78 is 18.6. The van der Waals surface area contributed by atoms with Crippen LogP contribution in [0.2, 0.25) is 0 Å². The average Bonchev–Trinajstić information content (AvgIpc) is 3.29. The van der Waals surface area contributed by atoms with Gasteiger partial charge < -0.3 is 15.4 Å². The Balaban J connectivity index is 1.75. The molecule has 6 heteroatoms. The maximum atomic E-state index is 13.3. The first kappa shape index (κ1) is 16.3. The van der Waals surface area contributed by atoms with E-state index in [1.165, 1.54) is 12.1 Å². The minimum absolute atomic E-state index is 0.229. The number of hydrogen-bond acceptors (Lipinski definition) is 3. The number of urea groups is 1. The Bertz CT molecular complexity index is 544. The van der Waals surface area contributed by atoms with Gasteiger partial charge in [-0.05, 0) is 43.9 Å². The minimum Gasteiger partial charge on any atom is -0.465 e. The second-order valence-electron chi connectivity index (χ2n) is 5.37. The van der Waals surface area contributed by atoms with Crippen LogP contribution < -0.4 is 10.6 Å². The van der Waals surface area contributed by atoms with Crippen molar-refractivity contribution in [2.75, 3.05) is 19.7 Å². The van der Waals surface area contributed by atoms with Gasteiger partial charge in [-0.25, -0.2) is 9.18 Å². The lowest BCUT2D eigenvalue weighted by Gasteiger charge is -2.15. The van der Waals surface area contributed by atoms with Crippen LogP contribution >= 0.6 is 0 Å². The highest BCUT2D eigenvalue weighted by molar-refractivity contribution is 5.86. The summed E-state index contributed by atoms with van der Waals surface area (Å²) in [6, 6.07) is 5.89. The van der Waals surface area contributed by atoms with Crippen molar-refractivity contribution in [2.24, 2.45) is 0 Å². The van der Waals surface area contributed by atoms with E-state index in [-0.39, 0.29) is 24.4 Å². The molecule has 5 nitrogen and oxygen atoms in total. The normalized spacial score (nSPS) is 15.0. The van der Waals surface area contributed by atoms with Crippen molar-refractivity contribution < 1.29 is 18.7 Å². The van der Waals surface area contributed by atoms with Crippen molar-refractivity contribution in [2.45, 2.75) is 31.6 Å². The van der Waals surface area contributed by atoms with Crippen molar-refractivity contribution in [3.8, 4) is 0 Å². The summed E-state index contributed by atoms with van der Waals surface area (Å²) in [5.74, 6) is -0.654. The topological polar surface area (TPSA) is 67.4 Å². The lowest BCUT2D eigenvalue weighted by atomic mass is 9.96. The summed E-state index contributed by atoms with van der Waals surface area (Å²) in [6.07, 6.45) is 1.92. The molecule has 0 radical (unpaired) electrons. The van der Waals surface area contributed by atoms with Gasteiger partial charge in [0.25, 0.3) is 0 Å². The Morgan fingerprint density at radius 2 is 2.09 bits per heavy atom. The zero-order chi connectivity index (χ0) is 16.0. The largest absolute Gasteiger partial charge is 0.465 e. The van der Waals surface area contributed by atoms with E-state index in [9.17, 15) is 14.0 Å². The molecular weight excluding hydrogens is 287 g/mol. The SMILES string of the molecule is CCNC(=O)NCCCOC(=O)C1(c2cccc(F)c2)CC1. The molecule has 22 heavy (non-hydrogen) atoms. The maximum absolute atomic E-state index is 13.3. The van der Waals surface area contributed by atoms with E-state index in [1.807, 2.05) is 6.92 Å². The smallest absolute Gasteiger partial charge is 0.316 e. The molecule has 0 spiro atoms. The fourth-order valence-corrected chi connectivity index (χ4v) is 2.32. The van der Waals surface area contributed by atoms with Gasteiger partial charge in [0.15, 0.2) is 0 Å². The number of nitrogens with one attached hydrogen (secondary N) is 2. The van der Waals surface area contributed by atoms with E-state index in [4.69, 9.17) is 4.74 Å². The van der Waals surface area contributed by atoms with Gasteiger partial charge in [-0.15, -0.1) is 0 Å². The number of benzene rings is 1. The first-order valence-corrected chi connectivity index (χ1v) is 7.53. The van der Waals surface area contributed by atoms with Gasteiger partial charge >= 0.3 is 12.0 Å². The molecule has 1 aromatic rings. The zero-order valence-corrected chi connectivity index (χ0v) is 12.7. The van der Waals surface area contributed by atoms with E-state index >= 15 is 0 Å². The zero-order valence-electron chi connectivity index (χ0n) is 12.7. The number of carbonyl (C=O) groups is 2. The monoisotopic (exact) mass is 308 g/mol. The number of hydrogen-bond donors (Lipinski definition) is 2. The molecule has 0 aromatic heterocycles. The number of carbonyl (C=O) groups excluding carboxylic acids is 2. The maximum Gasteiger partial charge on any atom is 0.316 e. The molecule has 1 aromatic carbocycles. The molecule has 1 fully saturated rings. The summed E-state index contributed by atoms with van der Waals surface area (Å²) >= 11 is 0. The molecule has 0 heterocycles. The number of amides is 2. The first-order chi connectivity index (χ1) is 10.6. The van der Waals surface area contributed by atoms with Crippen LogP contribution in [-0.4, -0.2) is 31.7 Å². The van der Waals surface area contributed by atoms with E-state index in [0.717, 1.165) is 0 Å². The standard InChI is InChI=1S/C16H21FN2O3/c1-2-18-15(21)19-9-4-10-22-14(20)16(7-8-16)12-5-3-6-13(17)11-12/h3,5-6,11H,2,4,7-10H2,1H3,(H2,18,19,21). The third-order valence-electron chi connectivity index (χ3n) is 3.70. The molecule has 0 bridgehead atoms. The van der Waals surface area contributed by atoms with Gasteiger partial charge in [0.1, 0.15) is 5.82 Å². The quantitative estimate of drug-likeness (QED) is 0.599. The Hall–Kier alpha value is -2.11. The summed E-state index contributed by atoms with van der Waals surface area (Å²) in [7, 11) is 0. The average molecular weight is 308 g/mol. The first-order valence-electron chi connectivity index (χ1n) is 7.53. The molecule has 1 saturated carbocycles. The molecule has 1 aliphatic rings. The Labute approximate surface area is 129 Å². The van der Waals surface area contributed by atoms with Crippen LogP contribution in [0.3, 0.4) is 0 Å².